The molecule has 20 heavy (non-hydrogen) atoms. The fraction of sp³-hybridized carbons (Fsp3) is 0.625. The first-order valence-electron chi connectivity index (χ1n) is 7.17. The number of rotatable bonds is 9. The van der Waals surface area contributed by atoms with E-state index >= 15 is 0 Å². The van der Waals surface area contributed by atoms with Gasteiger partial charge in [-0.25, -0.2) is 0 Å². The third-order valence-corrected chi connectivity index (χ3v) is 2.98. The molecule has 0 saturated carbocycles. The summed E-state index contributed by atoms with van der Waals surface area (Å²) in [6.07, 6.45) is 2.09. The highest BCUT2D eigenvalue weighted by molar-refractivity contribution is 5.53. The molecule has 1 N–H and O–H groups in total. The maximum Gasteiger partial charge on any atom is 0.203 e. The van der Waals surface area contributed by atoms with Crippen LogP contribution in [-0.2, 0) is 0 Å². The molecule has 0 aliphatic rings. The molecule has 4 heteroatoms. The van der Waals surface area contributed by atoms with E-state index < -0.39 is 0 Å². The number of hydrogen-bond acceptors (Lipinski definition) is 4. The molecule has 0 unspecified atom stereocenters. The molecule has 0 atom stereocenters. The molecule has 0 aliphatic carbocycles. The van der Waals surface area contributed by atoms with Crippen LogP contribution < -0.4 is 19.5 Å². The molecule has 4 nitrogen and oxygen atoms in total. The predicted octanol–water partition coefficient (Wildman–Crippen LogP) is 3.17. The van der Waals surface area contributed by atoms with Gasteiger partial charge in [0.05, 0.1) is 20.8 Å². The van der Waals surface area contributed by atoms with Crippen LogP contribution in [0.3, 0.4) is 0 Å². The quantitative estimate of drug-likeness (QED) is 0.706. The smallest absolute Gasteiger partial charge is 0.203 e. The molecule has 0 aliphatic heterocycles. The highest BCUT2D eigenvalue weighted by Gasteiger charge is 2.12. The van der Waals surface area contributed by atoms with Crippen LogP contribution in [0.15, 0.2) is 12.1 Å². The molecule has 1 aromatic carbocycles. The summed E-state index contributed by atoms with van der Waals surface area (Å²) in [4.78, 5) is 0. The van der Waals surface area contributed by atoms with E-state index in [1.54, 1.807) is 14.2 Å². The van der Waals surface area contributed by atoms with E-state index in [9.17, 15) is 0 Å². The summed E-state index contributed by atoms with van der Waals surface area (Å²) in [5.41, 5.74) is 1.09. The van der Waals surface area contributed by atoms with E-state index in [1.807, 2.05) is 19.1 Å². The lowest BCUT2D eigenvalue weighted by atomic mass is 10.2. The Morgan fingerprint density at radius 3 is 2.15 bits per heavy atom. The number of nitrogens with one attached hydrogen (secondary N) is 1. The minimum absolute atomic E-state index is 0.535. The molecule has 0 amide bonds. The van der Waals surface area contributed by atoms with Gasteiger partial charge < -0.3 is 19.5 Å². The van der Waals surface area contributed by atoms with Gasteiger partial charge in [0.2, 0.25) is 5.75 Å². The lowest BCUT2D eigenvalue weighted by molar-refractivity contribution is 0.267. The number of ether oxygens (including phenoxy) is 3. The molecular weight excluding hydrogens is 254 g/mol. The fourth-order valence-electron chi connectivity index (χ4n) is 1.95. The highest BCUT2D eigenvalue weighted by Crippen LogP contribution is 2.38. The summed E-state index contributed by atoms with van der Waals surface area (Å²) >= 11 is 0. The van der Waals surface area contributed by atoms with Crippen molar-refractivity contribution in [3.05, 3.63) is 17.7 Å². The van der Waals surface area contributed by atoms with Crippen molar-refractivity contribution in [1.29, 1.82) is 0 Å². The highest BCUT2D eigenvalue weighted by atomic mass is 16.5. The minimum atomic E-state index is 0.535. The summed E-state index contributed by atoms with van der Waals surface area (Å²) in [6, 6.07) is 4.45. The lowest BCUT2D eigenvalue weighted by Crippen LogP contribution is -2.23. The summed E-state index contributed by atoms with van der Waals surface area (Å²) in [7, 11) is 3.29. The summed E-state index contributed by atoms with van der Waals surface area (Å²) in [5, 5.41) is 3.39. The second-order valence-electron chi connectivity index (χ2n) is 5.16. The van der Waals surface area contributed by atoms with Crippen LogP contribution >= 0.6 is 0 Å². The number of methoxy groups -OCH3 is 2. The topological polar surface area (TPSA) is 39.7 Å². The lowest BCUT2D eigenvalue weighted by Gasteiger charge is -2.15. The first kappa shape index (κ1) is 16.6. The van der Waals surface area contributed by atoms with Crippen molar-refractivity contribution < 1.29 is 14.2 Å². The molecule has 0 bridgehead atoms. The van der Waals surface area contributed by atoms with Crippen molar-refractivity contribution in [3.63, 3.8) is 0 Å². The molecule has 1 aromatic rings. The van der Waals surface area contributed by atoms with E-state index in [0.717, 1.165) is 36.4 Å². The number of aryl methyl sites for hydroxylation is 1. The van der Waals surface area contributed by atoms with Crippen LogP contribution in [0.4, 0.5) is 0 Å². The Balaban J connectivity index is 2.50. The van der Waals surface area contributed by atoms with Crippen molar-refractivity contribution in [2.75, 3.05) is 27.4 Å². The van der Waals surface area contributed by atoms with Gasteiger partial charge >= 0.3 is 0 Å². The molecule has 0 aromatic heterocycles. The zero-order valence-corrected chi connectivity index (χ0v) is 13.3. The van der Waals surface area contributed by atoms with Crippen molar-refractivity contribution >= 4 is 0 Å². The van der Waals surface area contributed by atoms with Gasteiger partial charge in [-0.3, -0.25) is 0 Å². The van der Waals surface area contributed by atoms with Gasteiger partial charge in [-0.05, 0) is 44.0 Å². The number of benzene rings is 1. The largest absolute Gasteiger partial charge is 0.493 e. The maximum atomic E-state index is 5.83. The van der Waals surface area contributed by atoms with E-state index in [4.69, 9.17) is 14.2 Å². The van der Waals surface area contributed by atoms with Crippen LogP contribution in [0.2, 0.25) is 0 Å². The average Bonchev–Trinajstić information content (AvgIpc) is 2.42. The summed E-state index contributed by atoms with van der Waals surface area (Å²) < 4.78 is 16.6. The first-order chi connectivity index (χ1) is 9.58. The van der Waals surface area contributed by atoms with Crippen LogP contribution in [0.25, 0.3) is 0 Å². The van der Waals surface area contributed by atoms with Gasteiger partial charge in [0.25, 0.3) is 0 Å². The van der Waals surface area contributed by atoms with Crippen LogP contribution in [0, 0.1) is 6.92 Å². The number of unbranched alkanes of at least 4 members (excludes halogenated alkanes) is 1. The van der Waals surface area contributed by atoms with Gasteiger partial charge in [0, 0.05) is 6.04 Å². The second kappa shape index (κ2) is 8.69. The molecule has 114 valence electrons. The Morgan fingerprint density at radius 1 is 1.05 bits per heavy atom. The third-order valence-electron chi connectivity index (χ3n) is 2.98. The zero-order valence-electron chi connectivity index (χ0n) is 13.3. The molecule has 0 spiro atoms. The number of hydrogen-bond donors (Lipinski definition) is 1. The molecule has 0 radical (unpaired) electrons. The molecule has 0 saturated heterocycles. The van der Waals surface area contributed by atoms with Crippen LogP contribution in [0.5, 0.6) is 17.2 Å². The predicted molar refractivity (Wildman–Crippen MR) is 82.2 cm³/mol. The van der Waals surface area contributed by atoms with Gasteiger partial charge in [-0.15, -0.1) is 0 Å². The van der Waals surface area contributed by atoms with Crippen LogP contribution in [0.1, 0.15) is 32.3 Å². The normalized spacial score (nSPS) is 10.7. The van der Waals surface area contributed by atoms with Gasteiger partial charge in [0.1, 0.15) is 0 Å². The average molecular weight is 281 g/mol. The molecule has 0 fully saturated rings. The van der Waals surface area contributed by atoms with E-state index in [0.29, 0.717) is 18.4 Å². The molecule has 0 heterocycles. The van der Waals surface area contributed by atoms with E-state index in [-0.39, 0.29) is 0 Å². The van der Waals surface area contributed by atoms with E-state index in [1.165, 1.54) is 0 Å². The summed E-state index contributed by atoms with van der Waals surface area (Å²) in [5.74, 6) is 2.14. The fourth-order valence-corrected chi connectivity index (χ4v) is 1.95. The molecular formula is C16H27NO3. The van der Waals surface area contributed by atoms with Gasteiger partial charge in [0.15, 0.2) is 11.5 Å². The van der Waals surface area contributed by atoms with Crippen molar-refractivity contribution in [3.8, 4) is 17.2 Å². The van der Waals surface area contributed by atoms with Gasteiger partial charge in [-0.1, -0.05) is 13.8 Å². The van der Waals surface area contributed by atoms with Crippen LogP contribution in [-0.4, -0.2) is 33.4 Å². The Bertz CT molecular complexity index is 380. The summed E-state index contributed by atoms with van der Waals surface area (Å²) in [6.45, 7) is 7.99. The van der Waals surface area contributed by atoms with Crippen molar-refractivity contribution in [2.24, 2.45) is 0 Å². The second-order valence-corrected chi connectivity index (χ2v) is 5.16. The minimum Gasteiger partial charge on any atom is -0.493 e. The van der Waals surface area contributed by atoms with Crippen molar-refractivity contribution in [1.82, 2.24) is 5.32 Å². The maximum absolute atomic E-state index is 5.83. The zero-order chi connectivity index (χ0) is 15.0. The Kier molecular flexibility index (Phi) is 7.23. The van der Waals surface area contributed by atoms with E-state index in [2.05, 4.69) is 19.2 Å². The Hall–Kier alpha value is -1.42. The Labute approximate surface area is 122 Å². The Morgan fingerprint density at radius 2 is 1.65 bits per heavy atom. The standard InChI is InChI=1S/C16H27NO3/c1-12(2)17-8-6-7-9-20-16-14(18-4)10-13(3)11-15(16)19-5/h10-12,17H,6-9H2,1-5H3. The molecule has 1 rings (SSSR count). The third kappa shape index (κ3) is 5.29. The SMILES string of the molecule is COc1cc(C)cc(OC)c1OCCCCNC(C)C. The first-order valence-corrected chi connectivity index (χ1v) is 7.17. The van der Waals surface area contributed by atoms with Gasteiger partial charge in [-0.2, -0.15) is 0 Å². The van der Waals surface area contributed by atoms with Crippen molar-refractivity contribution in [2.45, 2.75) is 39.7 Å². The monoisotopic (exact) mass is 281 g/mol.